The molecular formula is C27H33N5O3. The molecule has 184 valence electrons. The molecule has 2 N–H and O–H groups in total. The molecule has 2 aliphatic rings. The van der Waals surface area contributed by atoms with Crippen molar-refractivity contribution in [3.63, 3.8) is 0 Å². The van der Waals surface area contributed by atoms with Crippen molar-refractivity contribution in [2.45, 2.75) is 65.0 Å². The molecule has 0 spiro atoms. The molecule has 0 atom stereocenters. The van der Waals surface area contributed by atoms with Gasteiger partial charge in [0.05, 0.1) is 10.9 Å². The number of hydrogen-bond acceptors (Lipinski definition) is 5. The second kappa shape index (κ2) is 9.77. The molecule has 35 heavy (non-hydrogen) atoms. The van der Waals surface area contributed by atoms with Gasteiger partial charge in [0.1, 0.15) is 0 Å². The first-order valence-electron chi connectivity index (χ1n) is 12.7. The third kappa shape index (κ3) is 5.22. The number of aromatic amines is 1. The van der Waals surface area contributed by atoms with Crippen LogP contribution in [0.3, 0.4) is 0 Å². The van der Waals surface area contributed by atoms with E-state index < -0.39 is 11.2 Å². The molecule has 1 saturated heterocycles. The predicted molar refractivity (Wildman–Crippen MR) is 137 cm³/mol. The molecule has 1 aliphatic heterocycles. The van der Waals surface area contributed by atoms with E-state index in [0.29, 0.717) is 17.9 Å². The Morgan fingerprint density at radius 1 is 1.14 bits per heavy atom. The Kier molecular flexibility index (Phi) is 6.56. The Balaban J connectivity index is 1.50. The minimum atomic E-state index is -0.580. The van der Waals surface area contributed by atoms with E-state index >= 15 is 0 Å². The summed E-state index contributed by atoms with van der Waals surface area (Å²) in [6, 6.07) is 9.61. The molecule has 1 aromatic carbocycles. The SMILES string of the molecule is CC(C)Cn1c(=O)[nH]c(=O)c2c(C(=O)Nc3cccc(CN4CCCCC4)c3)cc(C3CC3)nc21. The number of fused-ring (bicyclic) bond motifs is 1. The summed E-state index contributed by atoms with van der Waals surface area (Å²) in [4.78, 5) is 48.6. The molecule has 1 saturated carbocycles. The fourth-order valence-electron chi connectivity index (χ4n) is 4.92. The standard InChI is InChI=1S/C27H33N5O3/c1-17(2)15-32-24-23(26(34)30-27(32)35)21(14-22(29-24)19-9-10-19)25(33)28-20-8-6-7-18(13-20)16-31-11-4-3-5-12-31/h6-8,13-14,17,19H,3-5,9-12,15-16H2,1-2H3,(H,28,33)(H,30,34,35). The highest BCUT2D eigenvalue weighted by Crippen LogP contribution is 2.40. The van der Waals surface area contributed by atoms with Crippen molar-refractivity contribution < 1.29 is 4.79 Å². The Labute approximate surface area is 204 Å². The number of likely N-dealkylation sites (tertiary alicyclic amines) is 1. The van der Waals surface area contributed by atoms with Crippen LogP contribution in [0.15, 0.2) is 39.9 Å². The van der Waals surface area contributed by atoms with Crippen LogP contribution in [0, 0.1) is 5.92 Å². The Morgan fingerprint density at radius 2 is 1.91 bits per heavy atom. The van der Waals surface area contributed by atoms with Crippen molar-refractivity contribution in [1.29, 1.82) is 0 Å². The Morgan fingerprint density at radius 3 is 2.63 bits per heavy atom. The van der Waals surface area contributed by atoms with Crippen molar-refractivity contribution in [3.05, 3.63) is 68.0 Å². The lowest BCUT2D eigenvalue weighted by atomic mass is 10.1. The van der Waals surface area contributed by atoms with Gasteiger partial charge in [0.2, 0.25) is 0 Å². The number of nitrogens with zero attached hydrogens (tertiary/aromatic N) is 3. The normalized spacial score (nSPS) is 16.7. The topological polar surface area (TPSA) is 100 Å². The third-order valence-corrected chi connectivity index (χ3v) is 6.80. The molecular weight excluding hydrogens is 442 g/mol. The molecule has 3 heterocycles. The molecule has 0 unspecified atom stereocenters. The third-order valence-electron chi connectivity index (χ3n) is 6.80. The van der Waals surface area contributed by atoms with E-state index in [1.54, 1.807) is 6.07 Å². The summed E-state index contributed by atoms with van der Waals surface area (Å²) in [5.41, 5.74) is 2.08. The number of pyridine rings is 1. The van der Waals surface area contributed by atoms with Gasteiger partial charge in [0, 0.05) is 30.4 Å². The predicted octanol–water partition coefficient (Wildman–Crippen LogP) is 3.86. The molecule has 2 fully saturated rings. The van der Waals surface area contributed by atoms with E-state index in [1.165, 1.54) is 23.8 Å². The number of carbonyl (C=O) groups is 1. The number of amides is 1. The number of benzene rings is 1. The minimum absolute atomic E-state index is 0.164. The van der Waals surface area contributed by atoms with Gasteiger partial charge in [-0.15, -0.1) is 0 Å². The summed E-state index contributed by atoms with van der Waals surface area (Å²) in [7, 11) is 0. The fourth-order valence-corrected chi connectivity index (χ4v) is 4.92. The number of rotatable bonds is 7. The summed E-state index contributed by atoms with van der Waals surface area (Å²) in [6.07, 6.45) is 5.74. The monoisotopic (exact) mass is 475 g/mol. The highest BCUT2D eigenvalue weighted by atomic mass is 16.2. The number of hydrogen-bond donors (Lipinski definition) is 2. The lowest BCUT2D eigenvalue weighted by Crippen LogP contribution is -2.33. The zero-order chi connectivity index (χ0) is 24.5. The van der Waals surface area contributed by atoms with E-state index in [-0.39, 0.29) is 28.7 Å². The van der Waals surface area contributed by atoms with Crippen LogP contribution in [0.4, 0.5) is 5.69 Å². The van der Waals surface area contributed by atoms with Gasteiger partial charge < -0.3 is 5.32 Å². The van der Waals surface area contributed by atoms with Crippen molar-refractivity contribution in [1.82, 2.24) is 19.4 Å². The fraction of sp³-hybridized carbons (Fsp3) is 0.481. The zero-order valence-corrected chi connectivity index (χ0v) is 20.5. The average Bonchev–Trinajstić information content (AvgIpc) is 3.67. The Bertz CT molecular complexity index is 1360. The maximum Gasteiger partial charge on any atom is 0.330 e. The molecule has 1 amide bonds. The van der Waals surface area contributed by atoms with Crippen molar-refractivity contribution >= 4 is 22.6 Å². The quantitative estimate of drug-likeness (QED) is 0.541. The van der Waals surface area contributed by atoms with Crippen LogP contribution in [0.5, 0.6) is 0 Å². The first-order valence-corrected chi connectivity index (χ1v) is 12.7. The maximum atomic E-state index is 13.5. The van der Waals surface area contributed by atoms with Gasteiger partial charge in [-0.1, -0.05) is 32.4 Å². The van der Waals surface area contributed by atoms with Gasteiger partial charge in [-0.2, -0.15) is 0 Å². The molecule has 0 bridgehead atoms. The number of carbonyl (C=O) groups excluding carboxylic acids is 1. The molecule has 8 nitrogen and oxygen atoms in total. The van der Waals surface area contributed by atoms with Crippen LogP contribution in [-0.2, 0) is 13.1 Å². The first kappa shape index (κ1) is 23.5. The summed E-state index contributed by atoms with van der Waals surface area (Å²) < 4.78 is 1.49. The van der Waals surface area contributed by atoms with E-state index in [1.807, 2.05) is 32.0 Å². The van der Waals surface area contributed by atoms with E-state index in [0.717, 1.165) is 43.7 Å². The number of H-pyrrole nitrogens is 1. The van der Waals surface area contributed by atoms with Crippen molar-refractivity contribution in [2.24, 2.45) is 5.92 Å². The molecule has 1 aliphatic carbocycles. The lowest BCUT2D eigenvalue weighted by Gasteiger charge is -2.26. The smallest absolute Gasteiger partial charge is 0.322 e. The van der Waals surface area contributed by atoms with E-state index in [4.69, 9.17) is 4.98 Å². The molecule has 5 rings (SSSR count). The second-order valence-electron chi connectivity index (χ2n) is 10.3. The van der Waals surface area contributed by atoms with Crippen LogP contribution < -0.4 is 16.6 Å². The number of piperidine rings is 1. The molecule has 3 aromatic rings. The zero-order valence-electron chi connectivity index (χ0n) is 20.5. The van der Waals surface area contributed by atoms with Gasteiger partial charge in [-0.25, -0.2) is 9.78 Å². The van der Waals surface area contributed by atoms with Gasteiger partial charge in [-0.05, 0) is 68.5 Å². The molecule has 2 aromatic heterocycles. The van der Waals surface area contributed by atoms with E-state index in [9.17, 15) is 14.4 Å². The maximum absolute atomic E-state index is 13.5. The lowest BCUT2D eigenvalue weighted by molar-refractivity contribution is 0.102. The number of nitrogens with one attached hydrogen (secondary N) is 2. The minimum Gasteiger partial charge on any atom is -0.322 e. The van der Waals surface area contributed by atoms with Crippen LogP contribution >= 0.6 is 0 Å². The molecule has 8 heteroatoms. The first-order chi connectivity index (χ1) is 16.9. The summed E-state index contributed by atoms with van der Waals surface area (Å²) in [5, 5.41) is 3.15. The van der Waals surface area contributed by atoms with Crippen molar-refractivity contribution in [3.8, 4) is 0 Å². The second-order valence-corrected chi connectivity index (χ2v) is 10.3. The van der Waals surface area contributed by atoms with Gasteiger partial charge in [0.25, 0.3) is 11.5 Å². The van der Waals surface area contributed by atoms with E-state index in [2.05, 4.69) is 21.3 Å². The van der Waals surface area contributed by atoms with Crippen LogP contribution in [0.25, 0.3) is 11.0 Å². The summed E-state index contributed by atoms with van der Waals surface area (Å²) in [6.45, 7) is 7.47. The largest absolute Gasteiger partial charge is 0.330 e. The van der Waals surface area contributed by atoms with Gasteiger partial charge >= 0.3 is 5.69 Å². The highest BCUT2D eigenvalue weighted by Gasteiger charge is 2.29. The van der Waals surface area contributed by atoms with Crippen LogP contribution in [0.1, 0.15) is 73.5 Å². The number of aromatic nitrogens is 3. The summed E-state index contributed by atoms with van der Waals surface area (Å²) in [5.74, 6) is 0.0727. The van der Waals surface area contributed by atoms with Gasteiger partial charge in [0.15, 0.2) is 5.65 Å². The highest BCUT2D eigenvalue weighted by molar-refractivity contribution is 6.11. The van der Waals surface area contributed by atoms with Crippen LogP contribution in [-0.4, -0.2) is 38.4 Å². The number of anilines is 1. The van der Waals surface area contributed by atoms with Crippen LogP contribution in [0.2, 0.25) is 0 Å². The summed E-state index contributed by atoms with van der Waals surface area (Å²) >= 11 is 0. The average molecular weight is 476 g/mol. The Hall–Kier alpha value is -3.26. The van der Waals surface area contributed by atoms with Gasteiger partial charge in [-0.3, -0.25) is 24.0 Å². The molecule has 0 radical (unpaired) electrons. The van der Waals surface area contributed by atoms with Crippen molar-refractivity contribution in [2.75, 3.05) is 18.4 Å².